The first-order chi connectivity index (χ1) is 24.8. The smallest absolute Gasteiger partial charge is 0.329 e. The zero-order valence-corrected chi connectivity index (χ0v) is 31.5. The van der Waals surface area contributed by atoms with E-state index in [4.69, 9.17) is 9.72 Å². The number of anilines is 4. The number of carboxylic acids is 1. The van der Waals surface area contributed by atoms with E-state index in [9.17, 15) is 24.3 Å². The lowest BCUT2D eigenvalue weighted by atomic mass is 9.90. The average molecular weight is 721 g/mol. The summed E-state index contributed by atoms with van der Waals surface area (Å²) in [6, 6.07) is 5.26. The van der Waals surface area contributed by atoms with Crippen molar-refractivity contribution in [2.75, 3.05) is 48.9 Å². The van der Waals surface area contributed by atoms with Crippen molar-refractivity contribution in [3.63, 3.8) is 0 Å². The Morgan fingerprint density at radius 1 is 1.12 bits per heavy atom. The number of aromatic nitrogens is 2. The molecule has 1 unspecified atom stereocenters. The Morgan fingerprint density at radius 3 is 2.46 bits per heavy atom. The summed E-state index contributed by atoms with van der Waals surface area (Å²) in [5.74, 6) is 0.370. The van der Waals surface area contributed by atoms with Crippen molar-refractivity contribution in [1.29, 1.82) is 0 Å². The third-order valence-corrected chi connectivity index (χ3v) is 10.6. The van der Waals surface area contributed by atoms with Gasteiger partial charge in [-0.1, -0.05) is 33.6 Å². The van der Waals surface area contributed by atoms with Gasteiger partial charge in [0.2, 0.25) is 17.8 Å². The molecule has 2 atom stereocenters. The van der Waals surface area contributed by atoms with Crippen LogP contribution in [-0.4, -0.2) is 101 Å². The van der Waals surface area contributed by atoms with E-state index in [1.165, 1.54) is 0 Å². The minimum atomic E-state index is -1.27. The van der Waals surface area contributed by atoms with Gasteiger partial charge in [0.05, 0.1) is 19.0 Å². The first kappa shape index (κ1) is 38.8. The molecule has 0 bridgehead atoms. The largest absolute Gasteiger partial charge is 0.495 e. The number of aliphatic carboxylic acids is 1. The van der Waals surface area contributed by atoms with E-state index < -0.39 is 11.5 Å². The van der Waals surface area contributed by atoms with Crippen LogP contribution >= 0.6 is 0 Å². The van der Waals surface area contributed by atoms with Crippen molar-refractivity contribution in [3.8, 4) is 5.75 Å². The lowest BCUT2D eigenvalue weighted by molar-refractivity contribution is -0.147. The molecule has 52 heavy (non-hydrogen) atoms. The fourth-order valence-corrected chi connectivity index (χ4v) is 7.91. The number of methoxy groups -OCH3 is 1. The minimum absolute atomic E-state index is 0.0202. The maximum absolute atomic E-state index is 13.3. The maximum Gasteiger partial charge on any atom is 0.329 e. The van der Waals surface area contributed by atoms with E-state index in [1.807, 2.05) is 20.8 Å². The number of benzene rings is 1. The van der Waals surface area contributed by atoms with Gasteiger partial charge in [0.1, 0.15) is 23.0 Å². The summed E-state index contributed by atoms with van der Waals surface area (Å²) in [6.45, 7) is 9.79. The lowest BCUT2D eigenvalue weighted by Crippen LogP contribution is -2.55. The van der Waals surface area contributed by atoms with E-state index in [-0.39, 0.29) is 48.2 Å². The Hall–Kier alpha value is -4.46. The lowest BCUT2D eigenvalue weighted by Gasteiger charge is -2.43. The molecule has 0 radical (unpaired) electrons. The molecular formula is C38H56N8O6. The summed E-state index contributed by atoms with van der Waals surface area (Å²) < 4.78 is 5.68. The number of piperidine rings is 1. The van der Waals surface area contributed by atoms with Crippen LogP contribution in [0.25, 0.3) is 0 Å². The zero-order chi connectivity index (χ0) is 37.6. The van der Waals surface area contributed by atoms with Crippen LogP contribution in [0.5, 0.6) is 5.75 Å². The molecule has 1 saturated carbocycles. The SMILES string of the molecule is CC[C@@H]1C(=O)N(C)c2cnc(Nc3ccc(C(=O)NC4CCN(CCCC(=O)NC(C)(CC(C)C)C(=O)O)CC4)cc3OC)nc2N1C1CCCC1. The third-order valence-electron chi connectivity index (χ3n) is 10.6. The highest BCUT2D eigenvalue weighted by molar-refractivity contribution is 6.04. The number of ether oxygens (including phenoxy) is 1. The van der Waals surface area contributed by atoms with E-state index in [0.29, 0.717) is 47.9 Å². The van der Waals surface area contributed by atoms with Crippen molar-refractivity contribution >= 4 is 46.8 Å². The molecule has 2 aliphatic heterocycles. The molecule has 1 aromatic carbocycles. The molecule has 3 heterocycles. The molecule has 1 aromatic heterocycles. The molecule has 1 aliphatic carbocycles. The highest BCUT2D eigenvalue weighted by atomic mass is 16.5. The highest BCUT2D eigenvalue weighted by Gasteiger charge is 2.41. The normalized spacial score (nSPS) is 19.7. The van der Waals surface area contributed by atoms with Crippen LogP contribution in [0.4, 0.5) is 23.1 Å². The van der Waals surface area contributed by atoms with Gasteiger partial charge in [0.15, 0.2) is 5.82 Å². The molecule has 0 spiro atoms. The number of hydrogen-bond donors (Lipinski definition) is 4. The van der Waals surface area contributed by atoms with E-state index >= 15 is 0 Å². The molecular weight excluding hydrogens is 664 g/mol. The second-order valence-electron chi connectivity index (χ2n) is 15.1. The summed E-state index contributed by atoms with van der Waals surface area (Å²) in [6.07, 6.45) is 9.57. The van der Waals surface area contributed by atoms with Gasteiger partial charge in [-0.3, -0.25) is 14.4 Å². The van der Waals surface area contributed by atoms with Gasteiger partial charge >= 0.3 is 5.97 Å². The molecule has 5 rings (SSSR count). The summed E-state index contributed by atoms with van der Waals surface area (Å²) in [4.78, 5) is 66.4. The molecule has 1 saturated heterocycles. The molecule has 3 amide bonds. The van der Waals surface area contributed by atoms with Gasteiger partial charge in [-0.15, -0.1) is 0 Å². The zero-order valence-electron chi connectivity index (χ0n) is 31.5. The second kappa shape index (κ2) is 16.9. The molecule has 14 heteroatoms. The van der Waals surface area contributed by atoms with Crippen LogP contribution in [0.15, 0.2) is 24.4 Å². The average Bonchev–Trinajstić information content (AvgIpc) is 3.64. The predicted molar refractivity (Wildman–Crippen MR) is 200 cm³/mol. The van der Waals surface area contributed by atoms with Crippen molar-refractivity contribution in [2.24, 2.45) is 5.92 Å². The van der Waals surface area contributed by atoms with Crippen molar-refractivity contribution < 1.29 is 29.0 Å². The first-order valence-corrected chi connectivity index (χ1v) is 18.8. The van der Waals surface area contributed by atoms with Gasteiger partial charge in [-0.05, 0) is 82.5 Å². The Labute approximate surface area is 307 Å². The highest BCUT2D eigenvalue weighted by Crippen LogP contribution is 2.40. The molecule has 2 fully saturated rings. The molecule has 284 valence electrons. The van der Waals surface area contributed by atoms with Crippen LogP contribution in [0.1, 0.15) is 102 Å². The van der Waals surface area contributed by atoms with Gasteiger partial charge in [-0.25, -0.2) is 9.78 Å². The summed E-state index contributed by atoms with van der Waals surface area (Å²) in [5, 5.41) is 18.8. The topological polar surface area (TPSA) is 169 Å². The van der Waals surface area contributed by atoms with Crippen molar-refractivity contribution in [3.05, 3.63) is 30.0 Å². The number of fused-ring (bicyclic) bond motifs is 1. The minimum Gasteiger partial charge on any atom is -0.495 e. The Bertz CT molecular complexity index is 1610. The van der Waals surface area contributed by atoms with Crippen LogP contribution in [0.2, 0.25) is 0 Å². The van der Waals surface area contributed by atoms with E-state index in [1.54, 1.807) is 50.4 Å². The number of carbonyl (C=O) groups is 4. The Kier molecular flexibility index (Phi) is 12.6. The number of amides is 3. The van der Waals surface area contributed by atoms with Crippen LogP contribution in [0.3, 0.4) is 0 Å². The van der Waals surface area contributed by atoms with Gasteiger partial charge in [0.25, 0.3) is 5.91 Å². The first-order valence-electron chi connectivity index (χ1n) is 18.8. The second-order valence-corrected chi connectivity index (χ2v) is 15.1. The quantitative estimate of drug-likeness (QED) is 0.201. The number of nitrogens with one attached hydrogen (secondary N) is 3. The van der Waals surface area contributed by atoms with Gasteiger partial charge in [0, 0.05) is 44.2 Å². The number of nitrogens with zero attached hydrogens (tertiary/aromatic N) is 5. The van der Waals surface area contributed by atoms with E-state index in [0.717, 1.165) is 64.0 Å². The van der Waals surface area contributed by atoms with Crippen LogP contribution in [0, 0.1) is 5.92 Å². The Morgan fingerprint density at radius 2 is 1.83 bits per heavy atom. The number of rotatable bonds is 15. The standard InChI is InChI=1S/C38H56N8O6/c1-7-29-35(49)44(5)30-23-39-37(42-33(30)46(29)27-11-8-9-12-27)41-28-15-14-25(21-31(28)52-6)34(48)40-26-16-19-45(20-17-26)18-10-13-32(47)43-38(4,36(50)51)22-24(2)3/h14-15,21,23-24,26-27,29H,7-13,16-20,22H2,1-6H3,(H,40,48)(H,43,47)(H,50,51)(H,39,41,42)/t29-,38?/m1/s1. The number of hydrogen-bond acceptors (Lipinski definition) is 10. The summed E-state index contributed by atoms with van der Waals surface area (Å²) in [5.41, 5.74) is 0.524. The van der Waals surface area contributed by atoms with Crippen LogP contribution < -0.4 is 30.5 Å². The van der Waals surface area contributed by atoms with Crippen molar-refractivity contribution in [2.45, 2.75) is 116 Å². The van der Waals surface area contributed by atoms with Crippen molar-refractivity contribution in [1.82, 2.24) is 25.5 Å². The fraction of sp³-hybridized carbons (Fsp3) is 0.632. The van der Waals surface area contributed by atoms with E-state index in [2.05, 4.69) is 30.7 Å². The molecule has 2 aromatic rings. The molecule has 3 aliphatic rings. The molecule has 4 N–H and O–H groups in total. The van der Waals surface area contributed by atoms with Crippen LogP contribution in [-0.2, 0) is 14.4 Å². The number of likely N-dealkylation sites (N-methyl/N-ethyl adjacent to an activating group) is 1. The summed E-state index contributed by atoms with van der Waals surface area (Å²) >= 11 is 0. The van der Waals surface area contributed by atoms with Gasteiger partial charge < -0.3 is 40.5 Å². The Balaban J connectivity index is 1.14. The number of carboxylic acid groups (broad SMARTS) is 1. The summed E-state index contributed by atoms with van der Waals surface area (Å²) in [7, 11) is 3.33. The third kappa shape index (κ3) is 8.94. The fourth-order valence-electron chi connectivity index (χ4n) is 7.91. The monoisotopic (exact) mass is 720 g/mol. The predicted octanol–water partition coefficient (Wildman–Crippen LogP) is 4.71. The van der Waals surface area contributed by atoms with Gasteiger partial charge in [-0.2, -0.15) is 4.98 Å². The number of carbonyl (C=O) groups excluding carboxylic acids is 3. The number of likely N-dealkylation sites (tertiary alicyclic amines) is 1. The molecule has 14 nitrogen and oxygen atoms in total. The maximum atomic E-state index is 13.3.